The van der Waals surface area contributed by atoms with Crippen molar-refractivity contribution < 1.29 is 4.79 Å². The molecule has 0 bridgehead atoms. The molecule has 3 nitrogen and oxygen atoms in total. The van der Waals surface area contributed by atoms with Gasteiger partial charge in [0.15, 0.2) is 0 Å². The van der Waals surface area contributed by atoms with Crippen LogP contribution in [0.3, 0.4) is 0 Å². The first-order chi connectivity index (χ1) is 7.99. The highest BCUT2D eigenvalue weighted by Crippen LogP contribution is 2.13. The van der Waals surface area contributed by atoms with Crippen LogP contribution in [0.25, 0.3) is 0 Å². The molecule has 102 valence electrons. The molecule has 1 rings (SSSR count). The van der Waals surface area contributed by atoms with Gasteiger partial charge in [0.2, 0.25) is 5.91 Å². The van der Waals surface area contributed by atoms with Crippen molar-refractivity contribution in [2.24, 2.45) is 5.73 Å². The predicted octanol–water partition coefficient (Wildman–Crippen LogP) is 2.72. The molecule has 1 aromatic rings. The first kappa shape index (κ1) is 16.9. The maximum atomic E-state index is 11.6. The van der Waals surface area contributed by atoms with Crippen LogP contribution in [0.1, 0.15) is 43.9 Å². The molecule has 2 atom stereocenters. The smallest absolute Gasteiger partial charge is 0.220 e. The molecule has 0 spiro atoms. The summed E-state index contributed by atoms with van der Waals surface area (Å²) in [6.45, 7) is 5.96. The zero-order chi connectivity index (χ0) is 12.8. The first-order valence-electron chi connectivity index (χ1n) is 6.10. The van der Waals surface area contributed by atoms with E-state index in [1.165, 1.54) is 5.56 Å². The molecule has 4 heteroatoms. The summed E-state index contributed by atoms with van der Waals surface area (Å²) in [5, 5.41) is 2.98. The van der Waals surface area contributed by atoms with Gasteiger partial charge in [-0.15, -0.1) is 12.4 Å². The van der Waals surface area contributed by atoms with Crippen molar-refractivity contribution in [1.29, 1.82) is 0 Å². The number of carbonyl (C=O) groups excluding carboxylic acids is 1. The summed E-state index contributed by atoms with van der Waals surface area (Å²) in [4.78, 5) is 11.6. The fraction of sp³-hybridized carbons (Fsp3) is 0.500. The topological polar surface area (TPSA) is 55.1 Å². The summed E-state index contributed by atoms with van der Waals surface area (Å²) in [7, 11) is 0. The minimum absolute atomic E-state index is 0. The minimum Gasteiger partial charge on any atom is -0.350 e. The largest absolute Gasteiger partial charge is 0.350 e. The highest BCUT2D eigenvalue weighted by atomic mass is 35.5. The minimum atomic E-state index is 0. The second kappa shape index (κ2) is 8.11. The molecule has 0 saturated carbocycles. The Kier molecular flexibility index (Phi) is 7.64. The molecule has 0 radical (unpaired) electrons. The third-order valence-electron chi connectivity index (χ3n) is 2.78. The fourth-order valence-electron chi connectivity index (χ4n) is 1.61. The Morgan fingerprint density at radius 2 is 1.83 bits per heavy atom. The molecule has 0 aliphatic rings. The van der Waals surface area contributed by atoms with Crippen LogP contribution in [0, 0.1) is 6.92 Å². The van der Waals surface area contributed by atoms with Crippen LogP contribution in [0.2, 0.25) is 0 Å². The van der Waals surface area contributed by atoms with E-state index >= 15 is 0 Å². The van der Waals surface area contributed by atoms with Gasteiger partial charge in [-0.05, 0) is 32.8 Å². The third-order valence-corrected chi connectivity index (χ3v) is 2.78. The SMILES string of the molecule is Cc1ccc(C(C)NC(=O)CCC(C)N)cc1.Cl. The highest BCUT2D eigenvalue weighted by Gasteiger charge is 2.09. The monoisotopic (exact) mass is 270 g/mol. The van der Waals surface area contributed by atoms with Gasteiger partial charge in [0.1, 0.15) is 0 Å². The highest BCUT2D eigenvalue weighted by molar-refractivity contribution is 5.85. The maximum absolute atomic E-state index is 11.6. The number of halogens is 1. The zero-order valence-electron chi connectivity index (χ0n) is 11.3. The van der Waals surface area contributed by atoms with Crippen LogP contribution in [-0.2, 0) is 4.79 Å². The van der Waals surface area contributed by atoms with Crippen LogP contribution < -0.4 is 11.1 Å². The van der Waals surface area contributed by atoms with Gasteiger partial charge in [-0.2, -0.15) is 0 Å². The lowest BCUT2D eigenvalue weighted by Gasteiger charge is -2.15. The molecule has 1 aromatic carbocycles. The summed E-state index contributed by atoms with van der Waals surface area (Å²) in [5.74, 6) is 0.0652. The van der Waals surface area contributed by atoms with Gasteiger partial charge < -0.3 is 11.1 Å². The summed E-state index contributed by atoms with van der Waals surface area (Å²) in [6, 6.07) is 8.34. The lowest BCUT2D eigenvalue weighted by atomic mass is 10.1. The third kappa shape index (κ3) is 6.03. The van der Waals surface area contributed by atoms with Gasteiger partial charge in [0, 0.05) is 12.5 Å². The number of aryl methyl sites for hydroxylation is 1. The summed E-state index contributed by atoms with van der Waals surface area (Å²) in [5.41, 5.74) is 7.97. The molecule has 3 N–H and O–H groups in total. The van der Waals surface area contributed by atoms with Crippen molar-refractivity contribution in [2.75, 3.05) is 0 Å². The van der Waals surface area contributed by atoms with Crippen LogP contribution in [0.15, 0.2) is 24.3 Å². The average molecular weight is 271 g/mol. The van der Waals surface area contributed by atoms with Crippen molar-refractivity contribution in [1.82, 2.24) is 5.32 Å². The van der Waals surface area contributed by atoms with E-state index in [0.29, 0.717) is 6.42 Å². The molecule has 0 aliphatic carbocycles. The van der Waals surface area contributed by atoms with Gasteiger partial charge in [0.05, 0.1) is 6.04 Å². The molecular weight excluding hydrogens is 248 g/mol. The van der Waals surface area contributed by atoms with Gasteiger partial charge in [-0.3, -0.25) is 4.79 Å². The Hall–Kier alpha value is -1.06. The molecule has 18 heavy (non-hydrogen) atoms. The Morgan fingerprint density at radius 1 is 1.28 bits per heavy atom. The van der Waals surface area contributed by atoms with E-state index in [0.717, 1.165) is 12.0 Å². The van der Waals surface area contributed by atoms with E-state index in [4.69, 9.17) is 5.73 Å². The quantitative estimate of drug-likeness (QED) is 0.864. The Morgan fingerprint density at radius 3 is 2.33 bits per heavy atom. The summed E-state index contributed by atoms with van der Waals surface area (Å²) < 4.78 is 0. The summed E-state index contributed by atoms with van der Waals surface area (Å²) >= 11 is 0. The first-order valence-corrected chi connectivity index (χ1v) is 6.10. The van der Waals surface area contributed by atoms with E-state index in [1.807, 2.05) is 26.0 Å². The van der Waals surface area contributed by atoms with Gasteiger partial charge in [-0.25, -0.2) is 0 Å². The Labute approximate surface area is 116 Å². The number of rotatable bonds is 5. The van der Waals surface area contributed by atoms with E-state index in [-0.39, 0.29) is 30.4 Å². The maximum Gasteiger partial charge on any atom is 0.220 e. The number of nitrogens with two attached hydrogens (primary N) is 1. The van der Waals surface area contributed by atoms with Crippen molar-refractivity contribution >= 4 is 18.3 Å². The second-order valence-corrected chi connectivity index (χ2v) is 4.72. The Bertz CT molecular complexity index is 363. The second-order valence-electron chi connectivity index (χ2n) is 4.72. The van der Waals surface area contributed by atoms with Crippen LogP contribution >= 0.6 is 12.4 Å². The molecular formula is C14H23ClN2O. The van der Waals surface area contributed by atoms with Crippen molar-refractivity contribution in [3.63, 3.8) is 0 Å². The molecule has 0 heterocycles. The van der Waals surface area contributed by atoms with Crippen LogP contribution in [0.5, 0.6) is 0 Å². The standard InChI is InChI=1S/C14H22N2O.ClH/c1-10-4-7-13(8-5-10)12(3)16-14(17)9-6-11(2)15;/h4-5,7-8,11-12H,6,9,15H2,1-3H3,(H,16,17);1H. The lowest BCUT2D eigenvalue weighted by Crippen LogP contribution is -2.28. The van der Waals surface area contributed by atoms with Gasteiger partial charge in [0.25, 0.3) is 0 Å². The lowest BCUT2D eigenvalue weighted by molar-refractivity contribution is -0.121. The number of hydrogen-bond acceptors (Lipinski definition) is 2. The normalized spacial score (nSPS) is 13.3. The molecule has 0 aliphatic heterocycles. The average Bonchev–Trinajstić information content (AvgIpc) is 2.27. The number of benzene rings is 1. The van der Waals surface area contributed by atoms with E-state index < -0.39 is 0 Å². The molecule has 0 aromatic heterocycles. The predicted molar refractivity (Wildman–Crippen MR) is 77.9 cm³/mol. The van der Waals surface area contributed by atoms with E-state index in [9.17, 15) is 4.79 Å². The van der Waals surface area contributed by atoms with Gasteiger partial charge in [-0.1, -0.05) is 29.8 Å². The zero-order valence-corrected chi connectivity index (χ0v) is 12.1. The number of carbonyl (C=O) groups is 1. The number of hydrogen-bond donors (Lipinski definition) is 2. The van der Waals surface area contributed by atoms with Crippen LogP contribution in [-0.4, -0.2) is 11.9 Å². The van der Waals surface area contributed by atoms with Crippen LogP contribution in [0.4, 0.5) is 0 Å². The van der Waals surface area contributed by atoms with Crippen molar-refractivity contribution in [3.8, 4) is 0 Å². The molecule has 2 unspecified atom stereocenters. The van der Waals surface area contributed by atoms with E-state index in [2.05, 4.69) is 24.4 Å². The van der Waals surface area contributed by atoms with E-state index in [1.54, 1.807) is 0 Å². The number of amides is 1. The molecule has 0 fully saturated rings. The number of nitrogens with one attached hydrogen (secondary N) is 1. The van der Waals surface area contributed by atoms with Crippen molar-refractivity contribution in [2.45, 2.75) is 45.7 Å². The Balaban J connectivity index is 0.00000289. The van der Waals surface area contributed by atoms with Gasteiger partial charge >= 0.3 is 0 Å². The molecule has 0 saturated heterocycles. The van der Waals surface area contributed by atoms with Crippen molar-refractivity contribution in [3.05, 3.63) is 35.4 Å². The fourth-order valence-corrected chi connectivity index (χ4v) is 1.61. The molecule has 1 amide bonds. The summed E-state index contributed by atoms with van der Waals surface area (Å²) in [6.07, 6.45) is 1.22.